The second-order valence-corrected chi connectivity index (χ2v) is 5.55. The summed E-state index contributed by atoms with van der Waals surface area (Å²) in [6, 6.07) is 5.15. The van der Waals surface area contributed by atoms with E-state index < -0.39 is 0 Å². The number of alkyl halides is 1. The number of nitrogens with one attached hydrogen (secondary N) is 1. The molecule has 0 spiro atoms. The number of rotatable bonds is 7. The van der Waals surface area contributed by atoms with E-state index in [1.807, 2.05) is 0 Å². The summed E-state index contributed by atoms with van der Waals surface area (Å²) in [6.45, 7) is 1.00. The van der Waals surface area contributed by atoms with Crippen LogP contribution < -0.4 is 5.32 Å². The Balaban J connectivity index is 2.33. The number of carbonyl (C=O) groups excluding carboxylic acids is 1. The quantitative estimate of drug-likeness (QED) is 0.782. The van der Waals surface area contributed by atoms with Gasteiger partial charge < -0.3 is 10.1 Å². The zero-order valence-corrected chi connectivity index (χ0v) is 12.9. The molecular formula is C13H16Cl3NO2. The van der Waals surface area contributed by atoms with Crippen molar-refractivity contribution < 1.29 is 9.53 Å². The molecule has 0 bridgehead atoms. The summed E-state index contributed by atoms with van der Waals surface area (Å²) in [7, 11) is 1.60. The molecule has 0 aromatic heterocycles. The van der Waals surface area contributed by atoms with Gasteiger partial charge in [-0.1, -0.05) is 29.3 Å². The van der Waals surface area contributed by atoms with Gasteiger partial charge in [0.2, 0.25) is 5.91 Å². The number of carbonyl (C=O) groups is 1. The van der Waals surface area contributed by atoms with Crippen LogP contribution in [0.5, 0.6) is 0 Å². The molecule has 0 saturated heterocycles. The molecule has 1 amide bonds. The fourth-order valence-electron chi connectivity index (χ4n) is 1.53. The Morgan fingerprint density at radius 1 is 1.37 bits per heavy atom. The maximum atomic E-state index is 11.7. The zero-order chi connectivity index (χ0) is 14.3. The second kappa shape index (κ2) is 8.64. The molecule has 0 saturated carbocycles. The molecule has 0 aliphatic rings. The van der Waals surface area contributed by atoms with Gasteiger partial charge in [-0.25, -0.2) is 0 Å². The van der Waals surface area contributed by atoms with Crippen LogP contribution in [0.2, 0.25) is 10.0 Å². The van der Waals surface area contributed by atoms with Crippen LogP contribution in [0.25, 0.3) is 0 Å². The molecule has 3 nitrogen and oxygen atoms in total. The van der Waals surface area contributed by atoms with Crippen molar-refractivity contribution in [1.82, 2.24) is 5.32 Å². The Labute approximate surface area is 128 Å². The number of hydrogen-bond donors (Lipinski definition) is 1. The monoisotopic (exact) mass is 323 g/mol. The highest BCUT2D eigenvalue weighted by molar-refractivity contribution is 6.42. The molecule has 0 aliphatic heterocycles. The molecule has 0 heterocycles. The average molecular weight is 325 g/mol. The minimum absolute atomic E-state index is 0.0697. The Hall–Kier alpha value is -0.480. The second-order valence-electron chi connectivity index (χ2n) is 4.12. The van der Waals surface area contributed by atoms with E-state index in [0.29, 0.717) is 29.6 Å². The summed E-state index contributed by atoms with van der Waals surface area (Å²) in [5.74, 6) is -0.0697. The minimum Gasteiger partial charge on any atom is -0.383 e. The molecule has 1 rings (SSSR count). The highest BCUT2D eigenvalue weighted by Gasteiger charge is 2.07. The van der Waals surface area contributed by atoms with Crippen LogP contribution >= 0.6 is 34.8 Å². The first-order chi connectivity index (χ1) is 9.02. The molecule has 1 atom stereocenters. The van der Waals surface area contributed by atoms with Crippen molar-refractivity contribution in [2.24, 2.45) is 0 Å². The van der Waals surface area contributed by atoms with E-state index in [1.165, 1.54) is 0 Å². The van der Waals surface area contributed by atoms with Gasteiger partial charge in [0.1, 0.15) is 0 Å². The first-order valence-electron chi connectivity index (χ1n) is 5.86. The summed E-state index contributed by atoms with van der Waals surface area (Å²) in [5, 5.41) is 3.65. The molecule has 1 aromatic carbocycles. The summed E-state index contributed by atoms with van der Waals surface area (Å²) in [6.07, 6.45) is 0.941. The van der Waals surface area contributed by atoms with Gasteiger partial charge in [-0.15, -0.1) is 11.6 Å². The molecule has 0 radical (unpaired) electrons. The SMILES string of the molecule is COCC(Cl)CCNC(=O)Cc1ccc(Cl)c(Cl)c1. The van der Waals surface area contributed by atoms with E-state index >= 15 is 0 Å². The van der Waals surface area contributed by atoms with Crippen LogP contribution in [-0.2, 0) is 16.0 Å². The van der Waals surface area contributed by atoms with Gasteiger partial charge in [0.05, 0.1) is 28.5 Å². The molecule has 0 fully saturated rings. The van der Waals surface area contributed by atoms with Crippen molar-refractivity contribution in [3.8, 4) is 0 Å². The number of halogens is 3. The summed E-state index contributed by atoms with van der Waals surface area (Å²) < 4.78 is 4.91. The predicted octanol–water partition coefficient (Wildman–Crippen LogP) is 3.30. The third-order valence-electron chi connectivity index (χ3n) is 2.48. The highest BCUT2D eigenvalue weighted by atomic mass is 35.5. The minimum atomic E-state index is -0.0877. The maximum absolute atomic E-state index is 11.7. The summed E-state index contributed by atoms with van der Waals surface area (Å²) in [5.41, 5.74) is 0.825. The lowest BCUT2D eigenvalue weighted by Gasteiger charge is -2.09. The molecule has 6 heteroatoms. The maximum Gasteiger partial charge on any atom is 0.224 e. The van der Waals surface area contributed by atoms with E-state index in [1.54, 1.807) is 25.3 Å². The topological polar surface area (TPSA) is 38.3 Å². The van der Waals surface area contributed by atoms with Crippen molar-refractivity contribution in [1.29, 1.82) is 0 Å². The van der Waals surface area contributed by atoms with Crippen molar-refractivity contribution in [3.63, 3.8) is 0 Å². The van der Waals surface area contributed by atoms with Gasteiger partial charge >= 0.3 is 0 Å². The lowest BCUT2D eigenvalue weighted by Crippen LogP contribution is -2.28. The van der Waals surface area contributed by atoms with Crippen LogP contribution in [0.15, 0.2) is 18.2 Å². The predicted molar refractivity (Wildman–Crippen MR) is 79.3 cm³/mol. The first kappa shape index (κ1) is 16.6. The van der Waals surface area contributed by atoms with Gasteiger partial charge in [-0.3, -0.25) is 4.79 Å². The van der Waals surface area contributed by atoms with Crippen molar-refractivity contribution in [3.05, 3.63) is 33.8 Å². The van der Waals surface area contributed by atoms with Crippen LogP contribution in [-0.4, -0.2) is 31.5 Å². The van der Waals surface area contributed by atoms with Crippen LogP contribution in [0, 0.1) is 0 Å². The summed E-state index contributed by atoms with van der Waals surface area (Å²) >= 11 is 17.6. The van der Waals surface area contributed by atoms with Crippen molar-refractivity contribution in [2.75, 3.05) is 20.3 Å². The number of ether oxygens (including phenoxy) is 1. The highest BCUT2D eigenvalue weighted by Crippen LogP contribution is 2.22. The Bertz CT molecular complexity index is 426. The van der Waals surface area contributed by atoms with Crippen LogP contribution in [0.3, 0.4) is 0 Å². The molecule has 106 valence electrons. The van der Waals surface area contributed by atoms with Gasteiger partial charge in [0, 0.05) is 13.7 Å². The van der Waals surface area contributed by atoms with Gasteiger partial charge in [0.25, 0.3) is 0 Å². The molecular weight excluding hydrogens is 309 g/mol. The molecule has 19 heavy (non-hydrogen) atoms. The van der Waals surface area contributed by atoms with E-state index in [9.17, 15) is 4.79 Å². The standard InChI is InChI=1S/C13H16Cl3NO2/c1-19-8-10(14)4-5-17-13(18)7-9-2-3-11(15)12(16)6-9/h2-3,6,10H,4-5,7-8H2,1H3,(H,17,18). The number of hydrogen-bond acceptors (Lipinski definition) is 2. The van der Waals surface area contributed by atoms with Gasteiger partial charge in [-0.05, 0) is 24.1 Å². The lowest BCUT2D eigenvalue weighted by molar-refractivity contribution is -0.120. The van der Waals surface area contributed by atoms with E-state index in [4.69, 9.17) is 39.5 Å². The normalized spacial score (nSPS) is 12.2. The molecule has 1 N–H and O–H groups in total. The van der Waals surface area contributed by atoms with E-state index in [-0.39, 0.29) is 17.7 Å². The third kappa shape index (κ3) is 6.48. The largest absolute Gasteiger partial charge is 0.383 e. The molecule has 0 aliphatic carbocycles. The fourth-order valence-corrected chi connectivity index (χ4v) is 2.09. The molecule has 1 aromatic rings. The first-order valence-corrected chi connectivity index (χ1v) is 7.05. The van der Waals surface area contributed by atoms with Gasteiger partial charge in [-0.2, -0.15) is 0 Å². The number of benzene rings is 1. The fraction of sp³-hybridized carbons (Fsp3) is 0.462. The van der Waals surface area contributed by atoms with Crippen LogP contribution in [0.4, 0.5) is 0 Å². The Morgan fingerprint density at radius 2 is 2.11 bits per heavy atom. The Kier molecular flexibility index (Phi) is 7.54. The van der Waals surface area contributed by atoms with Crippen molar-refractivity contribution in [2.45, 2.75) is 18.2 Å². The number of amides is 1. The summed E-state index contributed by atoms with van der Waals surface area (Å²) in [4.78, 5) is 11.7. The third-order valence-corrected chi connectivity index (χ3v) is 3.56. The van der Waals surface area contributed by atoms with E-state index in [2.05, 4.69) is 5.32 Å². The Morgan fingerprint density at radius 3 is 2.74 bits per heavy atom. The van der Waals surface area contributed by atoms with E-state index in [0.717, 1.165) is 5.56 Å². The zero-order valence-electron chi connectivity index (χ0n) is 10.6. The smallest absolute Gasteiger partial charge is 0.224 e. The number of methoxy groups -OCH3 is 1. The van der Waals surface area contributed by atoms with Gasteiger partial charge in [0.15, 0.2) is 0 Å². The van der Waals surface area contributed by atoms with Crippen molar-refractivity contribution >= 4 is 40.7 Å². The van der Waals surface area contributed by atoms with Crippen LogP contribution in [0.1, 0.15) is 12.0 Å². The average Bonchev–Trinajstić information content (AvgIpc) is 2.34. The molecule has 1 unspecified atom stereocenters. The lowest BCUT2D eigenvalue weighted by atomic mass is 10.1.